The summed E-state index contributed by atoms with van der Waals surface area (Å²) >= 11 is 0. The summed E-state index contributed by atoms with van der Waals surface area (Å²) in [4.78, 5) is 23.9. The van der Waals surface area contributed by atoms with Gasteiger partial charge < -0.3 is 4.74 Å². The molecule has 0 spiro atoms. The topological polar surface area (TPSA) is 87.0 Å². The van der Waals surface area contributed by atoms with Gasteiger partial charge in [-0.05, 0) is 12.1 Å². The minimum absolute atomic E-state index is 0.0986. The van der Waals surface area contributed by atoms with E-state index >= 15 is 0 Å². The first-order valence-electron chi connectivity index (χ1n) is 6.19. The summed E-state index contributed by atoms with van der Waals surface area (Å²) in [5, 5.41) is 11.8. The molecular weight excluding hydrogens is 260 g/mol. The van der Waals surface area contributed by atoms with Crippen molar-refractivity contribution < 1.29 is 14.3 Å². The lowest BCUT2D eigenvalue weighted by Gasteiger charge is -2.00. The van der Waals surface area contributed by atoms with E-state index in [2.05, 4.69) is 15.4 Å². The highest BCUT2D eigenvalue weighted by Gasteiger charge is 2.13. The van der Waals surface area contributed by atoms with E-state index in [1.54, 1.807) is 6.92 Å². The van der Waals surface area contributed by atoms with Crippen molar-refractivity contribution in [3.8, 4) is 11.4 Å². The number of tetrazole rings is 1. The predicted octanol–water partition coefficient (Wildman–Crippen LogP) is 0.862. The van der Waals surface area contributed by atoms with Gasteiger partial charge >= 0.3 is 5.97 Å². The third-order valence-corrected chi connectivity index (χ3v) is 2.45. The third-order valence-electron chi connectivity index (χ3n) is 2.45. The van der Waals surface area contributed by atoms with Crippen molar-refractivity contribution in [3.63, 3.8) is 0 Å². The summed E-state index contributed by atoms with van der Waals surface area (Å²) in [6, 6.07) is 9.31. The first-order chi connectivity index (χ1) is 9.69. The molecule has 2 rings (SSSR count). The van der Waals surface area contributed by atoms with Gasteiger partial charge in [-0.15, -0.1) is 10.2 Å². The average molecular weight is 274 g/mol. The lowest BCUT2D eigenvalue weighted by atomic mass is 10.2. The molecule has 20 heavy (non-hydrogen) atoms. The number of esters is 1. The van der Waals surface area contributed by atoms with Crippen LogP contribution in [0.5, 0.6) is 0 Å². The number of ketones is 1. The number of hydrogen-bond acceptors (Lipinski definition) is 6. The Morgan fingerprint density at radius 2 is 2.00 bits per heavy atom. The maximum Gasteiger partial charge on any atom is 0.313 e. The number of Topliss-reactive ketones (excluding diaryl/α,β-unsaturated/α-hetero) is 1. The van der Waals surface area contributed by atoms with Gasteiger partial charge in [-0.2, -0.15) is 4.80 Å². The molecule has 0 N–H and O–H groups in total. The van der Waals surface area contributed by atoms with Crippen LogP contribution in [0.4, 0.5) is 0 Å². The van der Waals surface area contributed by atoms with Crippen molar-refractivity contribution in [1.82, 2.24) is 20.2 Å². The van der Waals surface area contributed by atoms with Gasteiger partial charge in [0.1, 0.15) is 13.0 Å². The maximum absolute atomic E-state index is 11.6. The van der Waals surface area contributed by atoms with Crippen molar-refractivity contribution in [1.29, 1.82) is 0 Å². The Morgan fingerprint density at radius 1 is 1.25 bits per heavy atom. The molecule has 0 fully saturated rings. The predicted molar refractivity (Wildman–Crippen MR) is 69.5 cm³/mol. The van der Waals surface area contributed by atoms with Crippen molar-refractivity contribution in [2.24, 2.45) is 0 Å². The highest BCUT2D eigenvalue weighted by Crippen LogP contribution is 2.11. The Morgan fingerprint density at radius 3 is 2.70 bits per heavy atom. The number of benzene rings is 1. The smallest absolute Gasteiger partial charge is 0.313 e. The minimum Gasteiger partial charge on any atom is -0.466 e. The van der Waals surface area contributed by atoms with Crippen LogP contribution < -0.4 is 0 Å². The van der Waals surface area contributed by atoms with Gasteiger partial charge in [-0.25, -0.2) is 0 Å². The molecule has 0 saturated carbocycles. The summed E-state index contributed by atoms with van der Waals surface area (Å²) in [7, 11) is 0. The zero-order chi connectivity index (χ0) is 14.4. The van der Waals surface area contributed by atoms with Crippen LogP contribution in [-0.2, 0) is 20.9 Å². The Balaban J connectivity index is 1.96. The van der Waals surface area contributed by atoms with Gasteiger partial charge in [0.25, 0.3) is 0 Å². The van der Waals surface area contributed by atoms with Crippen molar-refractivity contribution in [3.05, 3.63) is 30.3 Å². The molecule has 1 aromatic carbocycles. The molecule has 1 heterocycles. The molecular formula is C13H14N4O3. The van der Waals surface area contributed by atoms with E-state index in [1.165, 1.54) is 4.80 Å². The Labute approximate surface area is 115 Å². The fraction of sp³-hybridized carbons (Fsp3) is 0.308. The maximum atomic E-state index is 11.6. The summed E-state index contributed by atoms with van der Waals surface area (Å²) in [6.07, 6.45) is -0.282. The second-order valence-electron chi connectivity index (χ2n) is 4.03. The van der Waals surface area contributed by atoms with Crippen LogP contribution in [0.1, 0.15) is 13.3 Å². The second-order valence-corrected chi connectivity index (χ2v) is 4.03. The molecule has 0 bridgehead atoms. The largest absolute Gasteiger partial charge is 0.466 e. The van der Waals surface area contributed by atoms with E-state index in [1.807, 2.05) is 30.3 Å². The Bertz CT molecular complexity index is 595. The summed E-state index contributed by atoms with van der Waals surface area (Å²) in [5.41, 5.74) is 0.816. The van der Waals surface area contributed by atoms with Crippen LogP contribution in [0.15, 0.2) is 30.3 Å². The van der Waals surface area contributed by atoms with E-state index in [0.717, 1.165) is 5.56 Å². The molecule has 0 aliphatic rings. The van der Waals surface area contributed by atoms with Crippen molar-refractivity contribution in [2.75, 3.05) is 6.61 Å². The van der Waals surface area contributed by atoms with Gasteiger partial charge in [-0.3, -0.25) is 9.59 Å². The minimum atomic E-state index is -0.541. The van der Waals surface area contributed by atoms with Crippen LogP contribution in [0.25, 0.3) is 11.4 Å². The molecule has 0 aliphatic heterocycles. The van der Waals surface area contributed by atoms with E-state index in [-0.39, 0.29) is 25.4 Å². The van der Waals surface area contributed by atoms with Gasteiger partial charge in [0.15, 0.2) is 5.78 Å². The zero-order valence-corrected chi connectivity index (χ0v) is 11.0. The van der Waals surface area contributed by atoms with Gasteiger partial charge in [0.05, 0.1) is 6.61 Å². The number of carbonyl (C=O) groups is 2. The summed E-state index contributed by atoms with van der Waals surface area (Å²) < 4.78 is 4.70. The molecule has 0 radical (unpaired) electrons. The molecule has 0 saturated heterocycles. The molecule has 7 heteroatoms. The monoisotopic (exact) mass is 274 g/mol. The highest BCUT2D eigenvalue weighted by atomic mass is 16.5. The molecule has 2 aromatic rings. The standard InChI is InChI=1S/C13H14N4O3/c1-2-20-12(19)8-11(18)9-17-15-13(14-16-17)10-6-4-3-5-7-10/h3-7H,2,8-9H2,1H3. The fourth-order valence-electron chi connectivity index (χ4n) is 1.60. The molecule has 0 amide bonds. The van der Waals surface area contributed by atoms with E-state index in [4.69, 9.17) is 4.74 Å². The third kappa shape index (κ3) is 3.71. The van der Waals surface area contributed by atoms with Crippen LogP contribution in [-0.4, -0.2) is 38.6 Å². The highest BCUT2D eigenvalue weighted by molar-refractivity contribution is 5.95. The quantitative estimate of drug-likeness (QED) is 0.573. The van der Waals surface area contributed by atoms with Crippen molar-refractivity contribution >= 4 is 11.8 Å². The van der Waals surface area contributed by atoms with Gasteiger partial charge in [0, 0.05) is 5.56 Å². The lowest BCUT2D eigenvalue weighted by Crippen LogP contribution is -2.18. The first-order valence-corrected chi connectivity index (χ1v) is 6.19. The number of aromatic nitrogens is 4. The number of ether oxygens (including phenoxy) is 1. The van der Waals surface area contributed by atoms with E-state index in [0.29, 0.717) is 5.82 Å². The van der Waals surface area contributed by atoms with E-state index < -0.39 is 5.97 Å². The Kier molecular flexibility index (Phi) is 4.54. The SMILES string of the molecule is CCOC(=O)CC(=O)Cn1nnc(-c2ccccc2)n1. The van der Waals surface area contributed by atoms with Crippen LogP contribution in [0, 0.1) is 0 Å². The summed E-state index contributed by atoms with van der Waals surface area (Å²) in [6.45, 7) is 1.85. The molecule has 0 atom stereocenters. The van der Waals surface area contributed by atoms with E-state index in [9.17, 15) is 9.59 Å². The normalized spacial score (nSPS) is 10.2. The van der Waals surface area contributed by atoms with Crippen LogP contribution in [0.3, 0.4) is 0 Å². The number of rotatable bonds is 6. The molecule has 0 unspecified atom stereocenters. The summed E-state index contributed by atoms with van der Waals surface area (Å²) in [5.74, 6) is -0.420. The van der Waals surface area contributed by atoms with Gasteiger partial charge in [0.2, 0.25) is 5.82 Å². The number of carbonyl (C=O) groups excluding carboxylic acids is 2. The molecule has 1 aromatic heterocycles. The average Bonchev–Trinajstić information content (AvgIpc) is 2.88. The second kappa shape index (κ2) is 6.55. The first kappa shape index (κ1) is 13.9. The molecule has 7 nitrogen and oxygen atoms in total. The number of hydrogen-bond donors (Lipinski definition) is 0. The zero-order valence-electron chi connectivity index (χ0n) is 11.0. The van der Waals surface area contributed by atoms with Gasteiger partial charge in [-0.1, -0.05) is 30.3 Å². The molecule has 0 aliphatic carbocycles. The van der Waals surface area contributed by atoms with Crippen LogP contribution >= 0.6 is 0 Å². The lowest BCUT2D eigenvalue weighted by molar-refractivity contribution is -0.145. The number of nitrogens with zero attached hydrogens (tertiary/aromatic N) is 4. The molecule has 104 valence electrons. The van der Waals surface area contributed by atoms with Crippen LogP contribution in [0.2, 0.25) is 0 Å². The Hall–Kier alpha value is -2.57. The fourth-order valence-corrected chi connectivity index (χ4v) is 1.60. The van der Waals surface area contributed by atoms with Crippen molar-refractivity contribution in [2.45, 2.75) is 19.9 Å².